The molecule has 1 amide bonds. The Balaban J connectivity index is 1.29. The van der Waals surface area contributed by atoms with Gasteiger partial charge in [-0.15, -0.1) is 0 Å². The summed E-state index contributed by atoms with van der Waals surface area (Å²) in [5.41, 5.74) is 2.14. The van der Waals surface area contributed by atoms with Gasteiger partial charge in [0, 0.05) is 19.5 Å². The van der Waals surface area contributed by atoms with E-state index in [0.29, 0.717) is 29.0 Å². The molecule has 1 aliphatic rings. The van der Waals surface area contributed by atoms with Gasteiger partial charge in [0.2, 0.25) is 22.7 Å². The third-order valence-corrected chi connectivity index (χ3v) is 6.53. The highest BCUT2D eigenvalue weighted by Crippen LogP contribution is 2.32. The van der Waals surface area contributed by atoms with Crippen molar-refractivity contribution >= 4 is 15.9 Å². The van der Waals surface area contributed by atoms with Gasteiger partial charge >= 0.3 is 0 Å². The lowest BCUT2D eigenvalue weighted by molar-refractivity contribution is -0.121. The molecule has 2 N–H and O–H groups in total. The fourth-order valence-electron chi connectivity index (χ4n) is 3.37. The fourth-order valence-corrected chi connectivity index (χ4v) is 4.46. The third-order valence-electron chi connectivity index (χ3n) is 5.13. The summed E-state index contributed by atoms with van der Waals surface area (Å²) in [6, 6.07) is 17.6. The predicted molar refractivity (Wildman–Crippen MR) is 120 cm³/mol. The molecule has 0 aliphatic carbocycles. The zero-order valence-corrected chi connectivity index (χ0v) is 18.5. The Labute approximate surface area is 191 Å². The van der Waals surface area contributed by atoms with Gasteiger partial charge in [0.15, 0.2) is 11.5 Å². The number of aryl methyl sites for hydroxylation is 1. The van der Waals surface area contributed by atoms with Crippen molar-refractivity contribution in [1.82, 2.24) is 10.0 Å². The van der Waals surface area contributed by atoms with Gasteiger partial charge in [-0.3, -0.25) is 4.79 Å². The average Bonchev–Trinajstić information content (AvgIpc) is 3.28. The molecule has 0 saturated heterocycles. The third kappa shape index (κ3) is 6.09. The van der Waals surface area contributed by atoms with Gasteiger partial charge in [-0.1, -0.05) is 30.3 Å². The minimum absolute atomic E-state index is 0.0269. The highest BCUT2D eigenvalue weighted by Gasteiger charge is 2.15. The minimum atomic E-state index is -3.79. The van der Waals surface area contributed by atoms with Crippen molar-refractivity contribution in [3.05, 3.63) is 89.2 Å². The lowest BCUT2D eigenvalue weighted by Gasteiger charge is -2.10. The number of hydrogen-bond donors (Lipinski definition) is 2. The number of ether oxygens (including phenoxy) is 2. The van der Waals surface area contributed by atoms with Gasteiger partial charge in [0.25, 0.3) is 0 Å². The van der Waals surface area contributed by atoms with E-state index in [1.165, 1.54) is 30.3 Å². The lowest BCUT2D eigenvalue weighted by Crippen LogP contribution is -2.25. The summed E-state index contributed by atoms with van der Waals surface area (Å²) in [7, 11) is -3.79. The van der Waals surface area contributed by atoms with E-state index < -0.39 is 15.8 Å². The van der Waals surface area contributed by atoms with Crippen molar-refractivity contribution in [2.24, 2.45) is 0 Å². The van der Waals surface area contributed by atoms with Crippen molar-refractivity contribution < 1.29 is 27.1 Å². The Kier molecular flexibility index (Phi) is 6.90. The second-order valence-corrected chi connectivity index (χ2v) is 9.33. The molecule has 172 valence electrons. The van der Waals surface area contributed by atoms with Crippen LogP contribution in [0.15, 0.2) is 71.6 Å². The van der Waals surface area contributed by atoms with Crippen molar-refractivity contribution in [2.75, 3.05) is 6.79 Å². The topological polar surface area (TPSA) is 93.7 Å². The molecule has 9 heteroatoms. The van der Waals surface area contributed by atoms with Crippen LogP contribution in [0, 0.1) is 5.82 Å². The maximum Gasteiger partial charge on any atom is 0.240 e. The first-order valence-corrected chi connectivity index (χ1v) is 11.9. The maximum absolute atomic E-state index is 13.3. The van der Waals surface area contributed by atoms with Gasteiger partial charge in [-0.2, -0.15) is 0 Å². The quantitative estimate of drug-likeness (QED) is 0.501. The Hall–Kier alpha value is -3.43. The smallest absolute Gasteiger partial charge is 0.240 e. The summed E-state index contributed by atoms with van der Waals surface area (Å²) in [5.74, 6) is 0.800. The first kappa shape index (κ1) is 22.8. The highest BCUT2D eigenvalue weighted by atomic mass is 32.2. The molecule has 0 fully saturated rings. The van der Waals surface area contributed by atoms with Crippen LogP contribution in [0.25, 0.3) is 0 Å². The number of nitrogens with one attached hydrogen (secondary N) is 2. The van der Waals surface area contributed by atoms with Crippen LogP contribution in [0.3, 0.4) is 0 Å². The number of hydrogen-bond acceptors (Lipinski definition) is 5. The van der Waals surface area contributed by atoms with E-state index in [0.717, 1.165) is 5.56 Å². The maximum atomic E-state index is 13.3. The molecule has 0 aromatic heterocycles. The van der Waals surface area contributed by atoms with Crippen LogP contribution in [0.4, 0.5) is 4.39 Å². The van der Waals surface area contributed by atoms with E-state index in [1.54, 1.807) is 18.2 Å². The molecular formula is C24H23FN2O5S. The Bertz CT molecular complexity index is 1260. The zero-order valence-electron chi connectivity index (χ0n) is 17.7. The standard InChI is InChI=1S/C24H23FN2O5S/c25-20-5-1-3-18(11-20)15-27-33(29,30)21-6-2-4-19(12-21)14-26-24(28)10-8-17-7-9-22-23(13-17)32-16-31-22/h1-7,9,11-13,27H,8,10,14-16H2,(H,26,28). The SMILES string of the molecule is O=C(CCc1ccc2c(c1)OCO2)NCc1cccc(S(=O)(=O)NCc2cccc(F)c2)c1. The van der Waals surface area contributed by atoms with Gasteiger partial charge in [0.1, 0.15) is 5.82 Å². The number of amides is 1. The van der Waals surface area contributed by atoms with E-state index in [-0.39, 0.29) is 37.1 Å². The number of halogens is 1. The molecule has 4 rings (SSSR count). The second kappa shape index (κ2) is 10.0. The predicted octanol–water partition coefficient (Wildman–Crippen LogP) is 3.28. The number of carbonyl (C=O) groups is 1. The summed E-state index contributed by atoms with van der Waals surface area (Å²) >= 11 is 0. The fraction of sp³-hybridized carbons (Fsp3) is 0.208. The van der Waals surface area contributed by atoms with Crippen LogP contribution < -0.4 is 19.5 Å². The van der Waals surface area contributed by atoms with Crippen LogP contribution in [0.5, 0.6) is 11.5 Å². The van der Waals surface area contributed by atoms with Gasteiger partial charge in [0.05, 0.1) is 4.90 Å². The molecule has 0 atom stereocenters. The monoisotopic (exact) mass is 470 g/mol. The summed E-state index contributed by atoms with van der Waals surface area (Å²) in [6.45, 7) is 0.378. The number of carbonyl (C=O) groups excluding carboxylic acids is 1. The number of sulfonamides is 1. The first-order valence-electron chi connectivity index (χ1n) is 10.4. The molecule has 0 radical (unpaired) electrons. The molecule has 3 aromatic carbocycles. The molecule has 0 bridgehead atoms. The summed E-state index contributed by atoms with van der Waals surface area (Å²) < 4.78 is 51.6. The van der Waals surface area contributed by atoms with E-state index >= 15 is 0 Å². The van der Waals surface area contributed by atoms with Crippen LogP contribution >= 0.6 is 0 Å². The molecule has 0 spiro atoms. The average molecular weight is 471 g/mol. The minimum Gasteiger partial charge on any atom is -0.454 e. The molecule has 1 aliphatic heterocycles. The van der Waals surface area contributed by atoms with Gasteiger partial charge in [-0.25, -0.2) is 17.5 Å². The van der Waals surface area contributed by atoms with E-state index in [9.17, 15) is 17.6 Å². The van der Waals surface area contributed by atoms with Crippen molar-refractivity contribution in [1.29, 1.82) is 0 Å². The van der Waals surface area contributed by atoms with Crippen LogP contribution in [-0.4, -0.2) is 21.1 Å². The Morgan fingerprint density at radius 1 is 0.879 bits per heavy atom. The van der Waals surface area contributed by atoms with E-state index in [2.05, 4.69) is 10.0 Å². The lowest BCUT2D eigenvalue weighted by atomic mass is 10.1. The molecular weight excluding hydrogens is 447 g/mol. The van der Waals surface area contributed by atoms with E-state index in [1.807, 2.05) is 18.2 Å². The first-order chi connectivity index (χ1) is 15.9. The number of benzene rings is 3. The summed E-state index contributed by atoms with van der Waals surface area (Å²) in [6.07, 6.45) is 0.827. The zero-order chi connectivity index (χ0) is 23.3. The number of rotatable bonds is 9. The normalized spacial score (nSPS) is 12.5. The Morgan fingerprint density at radius 2 is 1.64 bits per heavy atom. The molecule has 0 saturated carbocycles. The Morgan fingerprint density at radius 3 is 2.45 bits per heavy atom. The molecule has 33 heavy (non-hydrogen) atoms. The van der Waals surface area contributed by atoms with Crippen molar-refractivity contribution in [3.8, 4) is 11.5 Å². The van der Waals surface area contributed by atoms with Crippen LogP contribution in [-0.2, 0) is 34.3 Å². The molecule has 7 nitrogen and oxygen atoms in total. The van der Waals surface area contributed by atoms with Gasteiger partial charge < -0.3 is 14.8 Å². The second-order valence-electron chi connectivity index (χ2n) is 7.57. The highest BCUT2D eigenvalue weighted by molar-refractivity contribution is 7.89. The van der Waals surface area contributed by atoms with Crippen molar-refractivity contribution in [3.63, 3.8) is 0 Å². The van der Waals surface area contributed by atoms with Gasteiger partial charge in [-0.05, 0) is 59.5 Å². The van der Waals surface area contributed by atoms with Crippen molar-refractivity contribution in [2.45, 2.75) is 30.8 Å². The molecule has 3 aromatic rings. The summed E-state index contributed by atoms with van der Waals surface area (Å²) in [4.78, 5) is 12.3. The summed E-state index contributed by atoms with van der Waals surface area (Å²) in [5, 5.41) is 2.81. The number of fused-ring (bicyclic) bond motifs is 1. The molecule has 0 unspecified atom stereocenters. The van der Waals surface area contributed by atoms with Crippen LogP contribution in [0.2, 0.25) is 0 Å². The molecule has 1 heterocycles. The largest absolute Gasteiger partial charge is 0.454 e. The van der Waals surface area contributed by atoms with Crippen LogP contribution in [0.1, 0.15) is 23.1 Å². The van der Waals surface area contributed by atoms with E-state index in [4.69, 9.17) is 9.47 Å².